The monoisotopic (exact) mass is 223 g/mol. The van der Waals surface area contributed by atoms with E-state index in [2.05, 4.69) is 17.2 Å². The fourth-order valence-corrected chi connectivity index (χ4v) is 1.12. The van der Waals surface area contributed by atoms with Crippen molar-refractivity contribution < 1.29 is 13.6 Å². The van der Waals surface area contributed by atoms with Gasteiger partial charge in [-0.25, -0.2) is 8.78 Å². The molecule has 2 nitrogen and oxygen atoms in total. The van der Waals surface area contributed by atoms with Crippen molar-refractivity contribution in [1.29, 1.82) is 0 Å². The topological polar surface area (TPSA) is 29.1 Å². The zero-order valence-electron chi connectivity index (χ0n) is 8.81. The van der Waals surface area contributed by atoms with Crippen molar-refractivity contribution in [3.63, 3.8) is 0 Å². The van der Waals surface area contributed by atoms with Crippen LogP contribution in [0.5, 0.6) is 0 Å². The number of benzene rings is 1. The lowest BCUT2D eigenvalue weighted by Crippen LogP contribution is -2.05. The highest BCUT2D eigenvalue weighted by molar-refractivity contribution is 5.76. The highest BCUT2D eigenvalue weighted by Crippen LogP contribution is 2.12. The summed E-state index contributed by atoms with van der Waals surface area (Å²) in [5.41, 5.74) is -0.322. The highest BCUT2D eigenvalue weighted by Gasteiger charge is 2.08. The number of hydrogen-bond acceptors (Lipinski definition) is 2. The van der Waals surface area contributed by atoms with Gasteiger partial charge in [0, 0.05) is 18.5 Å². The fraction of sp³-hybridized carbons (Fsp3) is 0.250. The average molecular weight is 223 g/mol. The van der Waals surface area contributed by atoms with Crippen LogP contribution in [0.3, 0.4) is 0 Å². The molecule has 84 valence electrons. The predicted octanol–water partition coefficient (Wildman–Crippen LogP) is 1.74. The molecule has 0 unspecified atom stereocenters. The van der Waals surface area contributed by atoms with Gasteiger partial charge in [-0.05, 0) is 19.2 Å². The lowest BCUT2D eigenvalue weighted by molar-refractivity contribution is 0.111. The van der Waals surface area contributed by atoms with E-state index in [1.54, 1.807) is 7.05 Å². The van der Waals surface area contributed by atoms with Gasteiger partial charge in [0.25, 0.3) is 0 Å². The van der Waals surface area contributed by atoms with Crippen LogP contribution in [0.2, 0.25) is 0 Å². The highest BCUT2D eigenvalue weighted by atomic mass is 19.1. The Morgan fingerprint density at radius 2 is 2.00 bits per heavy atom. The summed E-state index contributed by atoms with van der Waals surface area (Å²) in [6.45, 7) is 0.713. The first-order valence-electron chi connectivity index (χ1n) is 4.76. The maximum absolute atomic E-state index is 13.1. The summed E-state index contributed by atoms with van der Waals surface area (Å²) in [5.74, 6) is 3.62. The van der Waals surface area contributed by atoms with E-state index in [4.69, 9.17) is 0 Å². The summed E-state index contributed by atoms with van der Waals surface area (Å²) in [7, 11) is 1.79. The molecule has 0 fully saturated rings. The van der Waals surface area contributed by atoms with Crippen LogP contribution < -0.4 is 5.32 Å². The Hall–Kier alpha value is -1.73. The van der Waals surface area contributed by atoms with Gasteiger partial charge in [-0.3, -0.25) is 4.79 Å². The van der Waals surface area contributed by atoms with Crippen molar-refractivity contribution in [3.05, 3.63) is 34.9 Å². The van der Waals surface area contributed by atoms with Crippen LogP contribution in [0.15, 0.2) is 12.1 Å². The van der Waals surface area contributed by atoms with Crippen LogP contribution in [0.25, 0.3) is 0 Å². The van der Waals surface area contributed by atoms with E-state index in [0.29, 0.717) is 13.0 Å². The van der Waals surface area contributed by atoms with Crippen molar-refractivity contribution in [2.24, 2.45) is 0 Å². The summed E-state index contributed by atoms with van der Waals surface area (Å²) in [5, 5.41) is 2.90. The van der Waals surface area contributed by atoms with Crippen molar-refractivity contribution in [3.8, 4) is 11.8 Å². The predicted molar refractivity (Wildman–Crippen MR) is 57.2 cm³/mol. The minimum atomic E-state index is -0.882. The lowest BCUT2D eigenvalue weighted by atomic mass is 10.1. The Morgan fingerprint density at radius 1 is 1.38 bits per heavy atom. The number of hydrogen-bond donors (Lipinski definition) is 1. The van der Waals surface area contributed by atoms with Gasteiger partial charge in [-0.15, -0.1) is 0 Å². The van der Waals surface area contributed by atoms with Gasteiger partial charge in [0.05, 0.1) is 5.56 Å². The standard InChI is InChI=1S/C12H11F2NO/c1-15-5-3-2-4-9-6-11(13)10(8-16)12(14)7-9/h6-8,15H,3,5H2,1H3. The minimum absolute atomic E-state index is 0.156. The second kappa shape index (κ2) is 5.99. The first-order valence-corrected chi connectivity index (χ1v) is 4.76. The molecule has 0 bridgehead atoms. The van der Waals surface area contributed by atoms with Gasteiger partial charge in [0.2, 0.25) is 0 Å². The first-order chi connectivity index (χ1) is 7.69. The summed E-state index contributed by atoms with van der Waals surface area (Å²) >= 11 is 0. The Kier molecular flexibility index (Phi) is 4.62. The van der Waals surface area contributed by atoms with Crippen LogP contribution in [0, 0.1) is 23.5 Å². The third-order valence-corrected chi connectivity index (χ3v) is 1.93. The Labute approximate surface area is 92.7 Å². The summed E-state index contributed by atoms with van der Waals surface area (Å²) in [6.07, 6.45) is 0.748. The molecule has 1 aromatic rings. The molecule has 1 rings (SSSR count). The molecule has 0 heterocycles. The molecule has 0 amide bonds. The smallest absolute Gasteiger partial charge is 0.155 e. The lowest BCUT2D eigenvalue weighted by Gasteiger charge is -1.98. The molecule has 0 aromatic heterocycles. The van der Waals surface area contributed by atoms with Crippen molar-refractivity contribution in [1.82, 2.24) is 5.32 Å². The zero-order chi connectivity index (χ0) is 12.0. The van der Waals surface area contributed by atoms with Gasteiger partial charge in [-0.2, -0.15) is 0 Å². The summed E-state index contributed by atoms with van der Waals surface area (Å²) in [6, 6.07) is 2.11. The molecule has 16 heavy (non-hydrogen) atoms. The molecule has 1 aromatic carbocycles. The van der Waals surface area contributed by atoms with Gasteiger partial charge in [0.15, 0.2) is 6.29 Å². The molecule has 1 N–H and O–H groups in total. The number of carbonyl (C=O) groups excluding carboxylic acids is 1. The van der Waals surface area contributed by atoms with Crippen LogP contribution in [-0.4, -0.2) is 19.9 Å². The van der Waals surface area contributed by atoms with Gasteiger partial charge < -0.3 is 5.32 Å². The third kappa shape index (κ3) is 3.14. The Balaban J connectivity index is 2.90. The molecule has 0 saturated carbocycles. The quantitative estimate of drug-likeness (QED) is 0.480. The van der Waals surface area contributed by atoms with E-state index in [0.717, 1.165) is 12.1 Å². The van der Waals surface area contributed by atoms with Crippen LogP contribution >= 0.6 is 0 Å². The molecule has 0 spiro atoms. The zero-order valence-corrected chi connectivity index (χ0v) is 8.81. The molecular weight excluding hydrogens is 212 g/mol. The molecular formula is C12H11F2NO. The first kappa shape index (κ1) is 12.3. The number of nitrogens with one attached hydrogen (secondary N) is 1. The molecule has 0 aliphatic rings. The van der Waals surface area contributed by atoms with E-state index in [1.165, 1.54) is 0 Å². The molecule has 4 heteroatoms. The maximum atomic E-state index is 13.1. The van der Waals surface area contributed by atoms with Crippen LogP contribution in [0.4, 0.5) is 8.78 Å². The number of rotatable bonds is 3. The van der Waals surface area contributed by atoms with Gasteiger partial charge >= 0.3 is 0 Å². The van der Waals surface area contributed by atoms with E-state index >= 15 is 0 Å². The van der Waals surface area contributed by atoms with Crippen molar-refractivity contribution in [2.75, 3.05) is 13.6 Å². The fourth-order valence-electron chi connectivity index (χ4n) is 1.12. The van der Waals surface area contributed by atoms with E-state index in [1.807, 2.05) is 0 Å². The van der Waals surface area contributed by atoms with Crippen molar-refractivity contribution in [2.45, 2.75) is 6.42 Å². The van der Waals surface area contributed by atoms with Gasteiger partial charge in [-0.1, -0.05) is 11.8 Å². The van der Waals surface area contributed by atoms with E-state index < -0.39 is 17.2 Å². The normalized spacial score (nSPS) is 9.44. The van der Waals surface area contributed by atoms with E-state index in [9.17, 15) is 13.6 Å². The Morgan fingerprint density at radius 3 is 2.50 bits per heavy atom. The third-order valence-electron chi connectivity index (χ3n) is 1.93. The minimum Gasteiger partial charge on any atom is -0.319 e. The van der Waals surface area contributed by atoms with Crippen LogP contribution in [0.1, 0.15) is 22.3 Å². The number of carbonyl (C=O) groups is 1. The number of halogens is 2. The molecule has 0 atom stereocenters. The maximum Gasteiger partial charge on any atom is 0.155 e. The Bertz CT molecular complexity index is 423. The van der Waals surface area contributed by atoms with E-state index in [-0.39, 0.29) is 11.8 Å². The van der Waals surface area contributed by atoms with Crippen molar-refractivity contribution >= 4 is 6.29 Å². The molecule has 0 aliphatic carbocycles. The second-order valence-electron chi connectivity index (χ2n) is 3.13. The summed E-state index contributed by atoms with van der Waals surface area (Å²) < 4.78 is 26.3. The molecule has 0 radical (unpaired) electrons. The average Bonchev–Trinajstić information content (AvgIpc) is 2.24. The van der Waals surface area contributed by atoms with Crippen LogP contribution in [-0.2, 0) is 0 Å². The summed E-state index contributed by atoms with van der Waals surface area (Å²) in [4.78, 5) is 10.3. The van der Waals surface area contributed by atoms with Gasteiger partial charge in [0.1, 0.15) is 11.6 Å². The SMILES string of the molecule is CNCCC#Cc1cc(F)c(C=O)c(F)c1. The second-order valence-corrected chi connectivity index (χ2v) is 3.13. The number of aldehydes is 1. The largest absolute Gasteiger partial charge is 0.319 e. The molecule has 0 aliphatic heterocycles. The molecule has 0 saturated heterocycles.